The number of furan rings is 1. The van der Waals surface area contributed by atoms with E-state index in [1.54, 1.807) is 0 Å². The molecule has 0 N–H and O–H groups in total. The van der Waals surface area contributed by atoms with Crippen molar-refractivity contribution in [1.29, 1.82) is 0 Å². The normalized spacial score (nSPS) is 11.5. The summed E-state index contributed by atoms with van der Waals surface area (Å²) in [5, 5.41) is 4.68. The molecule has 8 aromatic carbocycles. The third-order valence-electron chi connectivity index (χ3n) is 9.96. The number of aromatic nitrogens is 1. The lowest BCUT2D eigenvalue weighted by molar-refractivity contribution is 0.670. The Kier molecular flexibility index (Phi) is 6.81. The number of benzene rings is 8. The molecule has 3 heteroatoms. The van der Waals surface area contributed by atoms with Crippen LogP contribution in [0.5, 0.6) is 0 Å². The topological polar surface area (TPSA) is 21.3 Å². The van der Waals surface area contributed by atoms with Crippen LogP contribution < -0.4 is 4.90 Å². The van der Waals surface area contributed by atoms with Crippen molar-refractivity contribution in [2.75, 3.05) is 4.90 Å². The molecule has 2 heterocycles. The molecule has 10 rings (SSSR count). The summed E-state index contributed by atoms with van der Waals surface area (Å²) in [6.45, 7) is 0. The van der Waals surface area contributed by atoms with Gasteiger partial charge < -0.3 is 13.9 Å². The van der Waals surface area contributed by atoms with E-state index in [4.69, 9.17) is 4.42 Å². The third-order valence-corrected chi connectivity index (χ3v) is 9.96. The van der Waals surface area contributed by atoms with Gasteiger partial charge in [0.2, 0.25) is 0 Å². The number of hydrogen-bond acceptors (Lipinski definition) is 2. The van der Waals surface area contributed by atoms with Crippen molar-refractivity contribution in [3.8, 4) is 27.9 Å². The van der Waals surface area contributed by atoms with Gasteiger partial charge in [-0.2, -0.15) is 0 Å². The summed E-state index contributed by atoms with van der Waals surface area (Å²) < 4.78 is 9.00. The van der Waals surface area contributed by atoms with Crippen molar-refractivity contribution in [2.45, 2.75) is 0 Å². The Morgan fingerprint density at radius 3 is 1.65 bits per heavy atom. The van der Waals surface area contributed by atoms with Crippen molar-refractivity contribution in [2.24, 2.45) is 0 Å². The third kappa shape index (κ3) is 4.90. The first-order valence-electron chi connectivity index (χ1n) is 17.4. The molecular formula is C48H32N2O. The average molecular weight is 653 g/mol. The minimum atomic E-state index is 0.893. The number of hydrogen-bond donors (Lipinski definition) is 0. The molecule has 0 unspecified atom stereocenters. The molecule has 3 nitrogen and oxygen atoms in total. The second-order valence-corrected chi connectivity index (χ2v) is 13.0. The van der Waals surface area contributed by atoms with Gasteiger partial charge in [-0.25, -0.2) is 0 Å². The molecule has 0 aliphatic heterocycles. The monoisotopic (exact) mass is 652 g/mol. The van der Waals surface area contributed by atoms with Gasteiger partial charge in [-0.3, -0.25) is 0 Å². The van der Waals surface area contributed by atoms with Crippen LogP contribution in [0.2, 0.25) is 0 Å². The molecule has 0 amide bonds. The summed E-state index contributed by atoms with van der Waals surface area (Å²) in [5.74, 6) is 0. The highest BCUT2D eigenvalue weighted by Crippen LogP contribution is 2.42. The maximum atomic E-state index is 6.64. The van der Waals surface area contributed by atoms with Gasteiger partial charge in [0.15, 0.2) is 0 Å². The molecule has 51 heavy (non-hydrogen) atoms. The highest BCUT2D eigenvalue weighted by molar-refractivity contribution is 6.14. The van der Waals surface area contributed by atoms with Gasteiger partial charge in [0, 0.05) is 49.9 Å². The van der Waals surface area contributed by atoms with Crippen molar-refractivity contribution in [3.63, 3.8) is 0 Å². The number of rotatable bonds is 6. The predicted molar refractivity (Wildman–Crippen MR) is 214 cm³/mol. The van der Waals surface area contributed by atoms with E-state index in [2.05, 4.69) is 198 Å². The average Bonchev–Trinajstić information content (AvgIpc) is 3.75. The molecule has 0 saturated heterocycles. The molecular weight excluding hydrogens is 621 g/mol. The van der Waals surface area contributed by atoms with E-state index in [0.29, 0.717) is 0 Å². The SMILES string of the molecule is c1ccc(N(c2ccccc2)c2ccc(-c3cc(-c4ccc5c(c4)c4ccccc4n5-c4ccccc4)c4oc5ccccc5c4c3)cc2)cc1. The molecule has 10 aromatic rings. The van der Waals surface area contributed by atoms with Crippen LogP contribution in [0.1, 0.15) is 0 Å². The lowest BCUT2D eigenvalue weighted by Gasteiger charge is -2.25. The van der Waals surface area contributed by atoms with E-state index in [1.165, 1.54) is 21.8 Å². The van der Waals surface area contributed by atoms with Gasteiger partial charge in [0.25, 0.3) is 0 Å². The Morgan fingerprint density at radius 2 is 0.922 bits per heavy atom. The van der Waals surface area contributed by atoms with Gasteiger partial charge >= 0.3 is 0 Å². The number of anilines is 3. The Bertz CT molecular complexity index is 2790. The van der Waals surface area contributed by atoms with Crippen molar-refractivity contribution >= 4 is 60.8 Å². The zero-order valence-electron chi connectivity index (χ0n) is 27.8. The zero-order chi connectivity index (χ0) is 33.7. The fourth-order valence-corrected chi connectivity index (χ4v) is 7.61. The standard InChI is InChI=1S/C48H32N2O/c1-4-14-36(15-5-1)49(37-16-6-2-7-17-37)39-27-24-33(25-28-39)35-31-42(48-44(32-35)41-21-11-13-23-47(41)51-48)34-26-29-46-43(30-34)40-20-10-12-22-45(40)50(46)38-18-8-3-9-19-38/h1-32H. The van der Waals surface area contributed by atoms with E-state index < -0.39 is 0 Å². The van der Waals surface area contributed by atoms with E-state index >= 15 is 0 Å². The molecule has 2 aromatic heterocycles. The molecule has 0 fully saturated rings. The summed E-state index contributed by atoms with van der Waals surface area (Å²) in [6.07, 6.45) is 0. The molecule has 0 atom stereocenters. The molecule has 0 radical (unpaired) electrons. The number of para-hydroxylation sites is 5. The van der Waals surface area contributed by atoms with Crippen LogP contribution in [0, 0.1) is 0 Å². The minimum Gasteiger partial charge on any atom is -0.455 e. The highest BCUT2D eigenvalue weighted by atomic mass is 16.3. The summed E-state index contributed by atoms with van der Waals surface area (Å²) in [6, 6.07) is 69.0. The first-order valence-corrected chi connectivity index (χ1v) is 17.4. The second-order valence-electron chi connectivity index (χ2n) is 13.0. The van der Waals surface area contributed by atoms with Crippen molar-refractivity contribution in [1.82, 2.24) is 4.57 Å². The largest absolute Gasteiger partial charge is 0.455 e. The molecule has 0 saturated carbocycles. The van der Waals surface area contributed by atoms with E-state index in [1.807, 2.05) is 6.07 Å². The maximum absolute atomic E-state index is 6.64. The Labute approximate surface area is 295 Å². The first kappa shape index (κ1) is 29.1. The summed E-state index contributed by atoms with van der Waals surface area (Å²) >= 11 is 0. The lowest BCUT2D eigenvalue weighted by atomic mass is 9.94. The molecule has 0 aliphatic carbocycles. The van der Waals surface area contributed by atoms with Crippen LogP contribution in [0.25, 0.3) is 71.7 Å². The quantitative estimate of drug-likeness (QED) is 0.178. The molecule has 0 spiro atoms. The van der Waals surface area contributed by atoms with E-state index in [-0.39, 0.29) is 0 Å². The second kappa shape index (κ2) is 11.9. The van der Waals surface area contributed by atoms with Gasteiger partial charge in [0.05, 0.1) is 11.0 Å². The van der Waals surface area contributed by atoms with Gasteiger partial charge in [-0.15, -0.1) is 0 Å². The first-order chi connectivity index (χ1) is 25.3. The van der Waals surface area contributed by atoms with Crippen LogP contribution >= 0.6 is 0 Å². The predicted octanol–water partition coefficient (Wildman–Crippen LogP) is 13.5. The van der Waals surface area contributed by atoms with Crippen LogP contribution in [0.15, 0.2) is 199 Å². The summed E-state index contributed by atoms with van der Waals surface area (Å²) in [4.78, 5) is 2.29. The van der Waals surface area contributed by atoms with Gasteiger partial charge in [-0.05, 0) is 102 Å². The van der Waals surface area contributed by atoms with Crippen molar-refractivity contribution in [3.05, 3.63) is 194 Å². The molecule has 0 aliphatic rings. The smallest absolute Gasteiger partial charge is 0.143 e. The van der Waals surface area contributed by atoms with Crippen LogP contribution in [0.3, 0.4) is 0 Å². The van der Waals surface area contributed by atoms with E-state index in [9.17, 15) is 0 Å². The van der Waals surface area contributed by atoms with Crippen LogP contribution in [-0.2, 0) is 0 Å². The highest BCUT2D eigenvalue weighted by Gasteiger charge is 2.19. The minimum absolute atomic E-state index is 0.893. The van der Waals surface area contributed by atoms with Crippen LogP contribution in [0.4, 0.5) is 17.1 Å². The van der Waals surface area contributed by atoms with Crippen LogP contribution in [-0.4, -0.2) is 4.57 Å². The fourth-order valence-electron chi connectivity index (χ4n) is 7.61. The number of nitrogens with zero attached hydrogens (tertiary/aromatic N) is 2. The Morgan fingerprint density at radius 1 is 0.373 bits per heavy atom. The molecule has 240 valence electrons. The van der Waals surface area contributed by atoms with Gasteiger partial charge in [-0.1, -0.05) is 109 Å². The number of fused-ring (bicyclic) bond motifs is 6. The zero-order valence-corrected chi connectivity index (χ0v) is 27.8. The van der Waals surface area contributed by atoms with Gasteiger partial charge in [0.1, 0.15) is 11.2 Å². The summed E-state index contributed by atoms with van der Waals surface area (Å²) in [7, 11) is 0. The van der Waals surface area contributed by atoms with E-state index in [0.717, 1.165) is 66.9 Å². The molecule has 0 bridgehead atoms. The summed E-state index contributed by atoms with van der Waals surface area (Å²) in [5.41, 5.74) is 13.2. The van der Waals surface area contributed by atoms with Crippen molar-refractivity contribution < 1.29 is 4.42 Å². The maximum Gasteiger partial charge on any atom is 0.143 e. The Hall–Kier alpha value is -6.84. The Balaban J connectivity index is 1.15. The lowest BCUT2D eigenvalue weighted by Crippen LogP contribution is -2.09. The fraction of sp³-hybridized carbons (Fsp3) is 0.